The van der Waals surface area contributed by atoms with Crippen LogP contribution in [0.4, 0.5) is 5.95 Å². The summed E-state index contributed by atoms with van der Waals surface area (Å²) in [4.78, 5) is 27.8. The minimum absolute atomic E-state index is 0.0678. The number of aromatic nitrogens is 4. The summed E-state index contributed by atoms with van der Waals surface area (Å²) in [6.45, 7) is 6.26. The number of anilines is 1. The zero-order valence-corrected chi connectivity index (χ0v) is 21.2. The molecule has 4 rings (SSSR count). The van der Waals surface area contributed by atoms with E-state index in [4.69, 9.17) is 15.8 Å². The van der Waals surface area contributed by atoms with Crippen LogP contribution in [0.2, 0.25) is 0 Å². The Hall–Kier alpha value is -3.72. The molecule has 0 unspecified atom stereocenters. The van der Waals surface area contributed by atoms with Crippen molar-refractivity contribution < 1.29 is 0 Å². The summed E-state index contributed by atoms with van der Waals surface area (Å²) in [5.74, 6) is 0.701. The zero-order chi connectivity index (χ0) is 25.7. The highest BCUT2D eigenvalue weighted by Crippen LogP contribution is 2.23. The Morgan fingerprint density at radius 3 is 2.67 bits per heavy atom. The molecule has 3 N–H and O–H groups in total. The van der Waals surface area contributed by atoms with Crippen molar-refractivity contribution in [2.75, 3.05) is 24.5 Å². The second kappa shape index (κ2) is 11.3. The molecule has 9 heteroatoms. The first-order valence-electron chi connectivity index (χ1n) is 12.4. The van der Waals surface area contributed by atoms with Crippen molar-refractivity contribution in [2.45, 2.75) is 39.2 Å². The van der Waals surface area contributed by atoms with Gasteiger partial charge in [0.2, 0.25) is 5.95 Å². The maximum absolute atomic E-state index is 12.7. The van der Waals surface area contributed by atoms with E-state index in [0.717, 1.165) is 42.8 Å². The molecule has 0 aliphatic carbocycles. The second-order valence-corrected chi connectivity index (χ2v) is 9.37. The average molecular weight is 487 g/mol. The molecule has 36 heavy (non-hydrogen) atoms. The van der Waals surface area contributed by atoms with Crippen molar-refractivity contribution >= 4 is 17.4 Å². The molecule has 3 aromatic rings. The van der Waals surface area contributed by atoms with E-state index < -0.39 is 0 Å². The molecule has 0 amide bonds. The fourth-order valence-electron chi connectivity index (χ4n) is 4.52. The van der Waals surface area contributed by atoms with E-state index in [1.165, 1.54) is 12.4 Å². The minimum atomic E-state index is -0.132. The lowest BCUT2D eigenvalue weighted by Crippen LogP contribution is -2.47. The predicted octanol–water partition coefficient (Wildman–Crippen LogP) is 3.60. The zero-order valence-electron chi connectivity index (χ0n) is 21.2. The van der Waals surface area contributed by atoms with Gasteiger partial charge >= 0.3 is 0 Å². The minimum Gasteiger partial charge on any atom is -0.339 e. The summed E-state index contributed by atoms with van der Waals surface area (Å²) in [5, 5.41) is 20.2. The highest BCUT2D eigenvalue weighted by molar-refractivity contribution is 6.01. The van der Waals surface area contributed by atoms with Crippen molar-refractivity contribution in [2.24, 2.45) is 13.0 Å². The third-order valence-electron chi connectivity index (χ3n) is 6.70. The average Bonchev–Trinajstić information content (AvgIpc) is 2.91. The molecule has 0 saturated carbocycles. The fraction of sp³-hybridized carbons (Fsp3) is 0.407. The molecule has 0 spiro atoms. The van der Waals surface area contributed by atoms with E-state index in [9.17, 15) is 4.79 Å². The van der Waals surface area contributed by atoms with Gasteiger partial charge in [-0.25, -0.2) is 15.0 Å². The lowest BCUT2D eigenvalue weighted by molar-refractivity contribution is 0.462. The standard InChI is InChI=1S/C27H34N8O/c1-4-5-21(28)18(2)14-22(29)19-6-8-20(9-7-19)25-16-35(13-12-31-25)27-33-24(15-26(36)34(27)3)23-10-11-30-17-32-23/h6-11,15,17-18,25,28-29,31H,4-5,12-14,16H2,1-3H3/t18-,25+/m0/s1. The number of piperazine rings is 1. The molecular formula is C27H34N8O. The molecule has 1 aromatic carbocycles. The van der Waals surface area contributed by atoms with Gasteiger partial charge < -0.3 is 21.0 Å². The van der Waals surface area contributed by atoms with Gasteiger partial charge in [-0.3, -0.25) is 9.36 Å². The van der Waals surface area contributed by atoms with Crippen molar-refractivity contribution in [1.82, 2.24) is 24.8 Å². The van der Waals surface area contributed by atoms with Gasteiger partial charge in [-0.05, 0) is 36.0 Å². The van der Waals surface area contributed by atoms with Gasteiger partial charge in [0.15, 0.2) is 0 Å². The second-order valence-electron chi connectivity index (χ2n) is 9.37. The van der Waals surface area contributed by atoms with E-state index in [1.807, 2.05) is 19.1 Å². The lowest BCUT2D eigenvalue weighted by Gasteiger charge is -2.35. The maximum Gasteiger partial charge on any atom is 0.255 e. The molecule has 1 fully saturated rings. The van der Waals surface area contributed by atoms with E-state index in [1.54, 1.807) is 23.9 Å². The van der Waals surface area contributed by atoms with Crippen molar-refractivity contribution in [1.29, 1.82) is 10.8 Å². The Kier molecular flexibility index (Phi) is 8.00. The maximum atomic E-state index is 12.7. The van der Waals surface area contributed by atoms with Crippen LogP contribution in [0.3, 0.4) is 0 Å². The largest absolute Gasteiger partial charge is 0.339 e. The van der Waals surface area contributed by atoms with Gasteiger partial charge in [0.25, 0.3) is 5.56 Å². The van der Waals surface area contributed by atoms with Crippen molar-refractivity contribution in [3.05, 3.63) is 70.4 Å². The summed E-state index contributed by atoms with van der Waals surface area (Å²) < 4.78 is 1.58. The molecular weight excluding hydrogens is 452 g/mol. The van der Waals surface area contributed by atoms with Crippen LogP contribution < -0.4 is 15.8 Å². The molecule has 188 valence electrons. The molecule has 2 aromatic heterocycles. The number of hydrogen-bond acceptors (Lipinski definition) is 8. The third-order valence-corrected chi connectivity index (χ3v) is 6.70. The van der Waals surface area contributed by atoms with Gasteiger partial charge in [-0.2, -0.15) is 0 Å². The van der Waals surface area contributed by atoms with Crippen molar-refractivity contribution in [3.8, 4) is 11.4 Å². The fourth-order valence-corrected chi connectivity index (χ4v) is 4.52. The molecule has 3 heterocycles. The number of rotatable bonds is 9. The molecule has 0 bridgehead atoms. The number of benzene rings is 1. The number of nitrogens with one attached hydrogen (secondary N) is 3. The Bertz CT molecular complexity index is 1270. The highest BCUT2D eigenvalue weighted by Gasteiger charge is 2.24. The van der Waals surface area contributed by atoms with E-state index in [2.05, 4.69) is 39.2 Å². The van der Waals surface area contributed by atoms with Crippen LogP contribution in [-0.2, 0) is 7.05 Å². The van der Waals surface area contributed by atoms with Crippen molar-refractivity contribution in [3.63, 3.8) is 0 Å². The quantitative estimate of drug-likeness (QED) is 0.397. The van der Waals surface area contributed by atoms with E-state index in [0.29, 0.717) is 36.0 Å². The topological polar surface area (TPSA) is 124 Å². The van der Waals surface area contributed by atoms with Crippen LogP contribution in [0.15, 0.2) is 53.7 Å². The summed E-state index contributed by atoms with van der Waals surface area (Å²) in [7, 11) is 1.74. The van der Waals surface area contributed by atoms with Crippen LogP contribution in [0.25, 0.3) is 11.4 Å². The van der Waals surface area contributed by atoms with Crippen LogP contribution in [0.1, 0.15) is 50.3 Å². The monoisotopic (exact) mass is 486 g/mol. The molecule has 2 atom stereocenters. The molecule has 9 nitrogen and oxygen atoms in total. The molecule has 0 radical (unpaired) electrons. The number of hydrogen-bond donors (Lipinski definition) is 3. The Balaban J connectivity index is 1.49. The van der Waals surface area contributed by atoms with Gasteiger partial charge in [-0.15, -0.1) is 0 Å². The van der Waals surface area contributed by atoms with Gasteiger partial charge in [0.1, 0.15) is 6.33 Å². The summed E-state index contributed by atoms with van der Waals surface area (Å²) in [5.41, 5.74) is 4.32. The lowest BCUT2D eigenvalue weighted by atomic mass is 9.92. The smallest absolute Gasteiger partial charge is 0.255 e. The van der Waals surface area contributed by atoms with E-state index >= 15 is 0 Å². The number of nitrogens with zero attached hydrogens (tertiary/aromatic N) is 5. The first-order chi connectivity index (χ1) is 17.4. The summed E-state index contributed by atoms with van der Waals surface area (Å²) >= 11 is 0. The Labute approximate surface area is 211 Å². The third kappa shape index (κ3) is 5.73. The summed E-state index contributed by atoms with van der Waals surface area (Å²) in [6.07, 6.45) is 5.43. The van der Waals surface area contributed by atoms with Crippen LogP contribution in [0.5, 0.6) is 0 Å². The van der Waals surface area contributed by atoms with Gasteiger partial charge in [0.05, 0.1) is 11.4 Å². The molecule has 1 aliphatic rings. The first-order valence-corrected chi connectivity index (χ1v) is 12.4. The SMILES string of the molecule is CCCC(=N)[C@@H](C)CC(=N)c1ccc([C@H]2CN(c3nc(-c4ccncn4)cc(=O)n3C)CCN2)cc1. The van der Waals surface area contributed by atoms with Crippen LogP contribution >= 0.6 is 0 Å². The molecule has 1 aliphatic heterocycles. The molecule has 1 saturated heterocycles. The predicted molar refractivity (Wildman–Crippen MR) is 143 cm³/mol. The highest BCUT2D eigenvalue weighted by atomic mass is 16.1. The van der Waals surface area contributed by atoms with Gasteiger partial charge in [-0.1, -0.05) is 44.5 Å². The van der Waals surface area contributed by atoms with Gasteiger partial charge in [0, 0.05) is 56.4 Å². The summed E-state index contributed by atoms with van der Waals surface area (Å²) in [6, 6.07) is 11.4. The Morgan fingerprint density at radius 2 is 1.97 bits per heavy atom. The normalized spacial score (nSPS) is 16.5. The van der Waals surface area contributed by atoms with Crippen LogP contribution in [0, 0.1) is 16.7 Å². The Morgan fingerprint density at radius 1 is 1.19 bits per heavy atom. The first kappa shape index (κ1) is 25.4. The van der Waals surface area contributed by atoms with Crippen LogP contribution in [-0.4, -0.2) is 50.6 Å². The van der Waals surface area contributed by atoms with E-state index in [-0.39, 0.29) is 17.5 Å².